The van der Waals surface area contributed by atoms with Gasteiger partial charge in [0.1, 0.15) is 5.82 Å². The number of thiocarbonyl (C=S) groups is 1. The molecule has 3 aromatic carbocycles. The number of rotatable bonds is 8. The summed E-state index contributed by atoms with van der Waals surface area (Å²) in [5, 5.41) is 11.7. The monoisotopic (exact) mass is 536 g/mol. The molecule has 0 aliphatic rings. The molecule has 4 aromatic rings. The molecular formula is C26H21FN4O2S3. The molecule has 0 unspecified atom stereocenters. The largest absolute Gasteiger partial charge is 0.332 e. The molecule has 0 saturated heterocycles. The van der Waals surface area contributed by atoms with Crippen LogP contribution < -0.4 is 16.0 Å². The molecule has 6 nitrogen and oxygen atoms in total. The van der Waals surface area contributed by atoms with Gasteiger partial charge in [0.05, 0.1) is 11.4 Å². The molecule has 0 spiro atoms. The Hall–Kier alpha value is -3.60. The van der Waals surface area contributed by atoms with Crippen molar-refractivity contribution in [1.29, 1.82) is 0 Å². The summed E-state index contributed by atoms with van der Waals surface area (Å²) in [7, 11) is 0. The molecule has 0 radical (unpaired) electrons. The van der Waals surface area contributed by atoms with E-state index >= 15 is 0 Å². The highest BCUT2D eigenvalue weighted by Gasteiger charge is 2.10. The number of benzene rings is 3. The van der Waals surface area contributed by atoms with Gasteiger partial charge in [0, 0.05) is 32.8 Å². The molecule has 182 valence electrons. The predicted molar refractivity (Wildman–Crippen MR) is 150 cm³/mol. The zero-order chi connectivity index (χ0) is 25.5. The van der Waals surface area contributed by atoms with Crippen LogP contribution in [0.3, 0.4) is 0 Å². The maximum Gasteiger partial charge on any atom is 0.236 e. The highest BCUT2D eigenvalue weighted by molar-refractivity contribution is 8.00. The standard InChI is InChI=1S/C26H21FN4O2S3/c1-16(32)17-7-11-20(12-8-17)28-25(34)29-21-3-2-4-22(13-21)35-15-24(33)31-26-30-23(14-36-26)18-5-9-19(27)10-6-18/h2-14H,15H2,1H3,(H2,28,29,34)(H,30,31,33). The fourth-order valence-corrected chi connectivity index (χ4v) is 4.86. The van der Waals surface area contributed by atoms with Gasteiger partial charge in [-0.3, -0.25) is 9.59 Å². The molecule has 0 atom stereocenters. The van der Waals surface area contributed by atoms with Crippen molar-refractivity contribution in [2.45, 2.75) is 11.8 Å². The van der Waals surface area contributed by atoms with Crippen molar-refractivity contribution < 1.29 is 14.0 Å². The predicted octanol–water partition coefficient (Wildman–Crippen LogP) is 6.69. The van der Waals surface area contributed by atoms with Gasteiger partial charge in [0.2, 0.25) is 5.91 Å². The lowest BCUT2D eigenvalue weighted by molar-refractivity contribution is -0.113. The summed E-state index contributed by atoms with van der Waals surface area (Å²) in [5.74, 6) is -0.270. The Morgan fingerprint density at radius 3 is 2.42 bits per heavy atom. The minimum absolute atomic E-state index is 0.00616. The number of aromatic nitrogens is 1. The van der Waals surface area contributed by atoms with Crippen LogP contribution in [0.1, 0.15) is 17.3 Å². The topological polar surface area (TPSA) is 83.1 Å². The zero-order valence-electron chi connectivity index (χ0n) is 19.1. The first-order valence-electron chi connectivity index (χ1n) is 10.8. The molecule has 0 aliphatic carbocycles. The Morgan fingerprint density at radius 2 is 1.69 bits per heavy atom. The van der Waals surface area contributed by atoms with Crippen LogP contribution in [0.5, 0.6) is 0 Å². The smallest absolute Gasteiger partial charge is 0.236 e. The van der Waals surface area contributed by atoms with Crippen molar-refractivity contribution >= 4 is 68.6 Å². The molecule has 3 N–H and O–H groups in total. The molecular weight excluding hydrogens is 516 g/mol. The van der Waals surface area contributed by atoms with Crippen LogP contribution in [0.2, 0.25) is 0 Å². The van der Waals surface area contributed by atoms with Crippen LogP contribution in [0.25, 0.3) is 11.3 Å². The van der Waals surface area contributed by atoms with E-state index in [2.05, 4.69) is 20.9 Å². The highest BCUT2D eigenvalue weighted by Crippen LogP contribution is 2.26. The number of ketones is 1. The second kappa shape index (κ2) is 11.9. The summed E-state index contributed by atoms with van der Waals surface area (Å²) in [5.41, 5.74) is 3.65. The van der Waals surface area contributed by atoms with Crippen molar-refractivity contribution in [3.8, 4) is 11.3 Å². The summed E-state index contributed by atoms with van der Waals surface area (Å²) >= 11 is 8.09. The van der Waals surface area contributed by atoms with E-state index in [0.29, 0.717) is 21.5 Å². The van der Waals surface area contributed by atoms with Crippen molar-refractivity contribution in [3.05, 3.63) is 89.6 Å². The average Bonchev–Trinajstić information content (AvgIpc) is 3.32. The van der Waals surface area contributed by atoms with E-state index in [9.17, 15) is 14.0 Å². The number of hydrogen-bond acceptors (Lipinski definition) is 6. The summed E-state index contributed by atoms with van der Waals surface area (Å²) in [6.45, 7) is 1.52. The Morgan fingerprint density at radius 1 is 0.972 bits per heavy atom. The second-order valence-electron chi connectivity index (χ2n) is 7.62. The third-order valence-electron chi connectivity index (χ3n) is 4.90. The van der Waals surface area contributed by atoms with Crippen molar-refractivity contribution in [2.75, 3.05) is 21.7 Å². The summed E-state index contributed by atoms with van der Waals surface area (Å²) in [6, 6.07) is 20.7. The third kappa shape index (κ3) is 7.20. The van der Waals surface area contributed by atoms with Crippen LogP contribution >= 0.6 is 35.3 Å². The molecule has 1 heterocycles. The van der Waals surface area contributed by atoms with E-state index in [4.69, 9.17) is 12.2 Å². The molecule has 0 saturated carbocycles. The lowest BCUT2D eigenvalue weighted by atomic mass is 10.1. The maximum absolute atomic E-state index is 13.1. The maximum atomic E-state index is 13.1. The number of thioether (sulfide) groups is 1. The highest BCUT2D eigenvalue weighted by atomic mass is 32.2. The van der Waals surface area contributed by atoms with E-state index in [0.717, 1.165) is 21.8 Å². The van der Waals surface area contributed by atoms with Gasteiger partial charge in [-0.25, -0.2) is 9.37 Å². The molecule has 1 amide bonds. The fraction of sp³-hybridized carbons (Fsp3) is 0.0769. The van der Waals surface area contributed by atoms with Crippen LogP contribution in [0, 0.1) is 5.82 Å². The number of nitrogens with one attached hydrogen (secondary N) is 3. The number of thiazole rings is 1. The van der Waals surface area contributed by atoms with Gasteiger partial charge in [0.25, 0.3) is 0 Å². The summed E-state index contributed by atoms with van der Waals surface area (Å²) in [4.78, 5) is 29.1. The van der Waals surface area contributed by atoms with E-state index in [1.807, 2.05) is 29.6 Å². The van der Waals surface area contributed by atoms with Crippen LogP contribution in [-0.2, 0) is 4.79 Å². The van der Waals surface area contributed by atoms with Gasteiger partial charge < -0.3 is 16.0 Å². The van der Waals surface area contributed by atoms with E-state index < -0.39 is 0 Å². The van der Waals surface area contributed by atoms with Gasteiger partial charge in [0.15, 0.2) is 16.0 Å². The number of nitrogens with zero attached hydrogens (tertiary/aromatic N) is 1. The van der Waals surface area contributed by atoms with E-state index in [-0.39, 0.29) is 23.3 Å². The first-order chi connectivity index (χ1) is 17.4. The van der Waals surface area contributed by atoms with Gasteiger partial charge in [-0.05, 0) is 85.9 Å². The average molecular weight is 537 g/mol. The molecule has 0 fully saturated rings. The molecule has 0 bridgehead atoms. The normalized spacial score (nSPS) is 10.5. The molecule has 36 heavy (non-hydrogen) atoms. The lowest BCUT2D eigenvalue weighted by Crippen LogP contribution is -2.19. The molecule has 10 heteroatoms. The number of carbonyl (C=O) groups is 2. The number of anilines is 3. The van der Waals surface area contributed by atoms with Crippen LogP contribution in [-0.4, -0.2) is 27.5 Å². The zero-order valence-corrected chi connectivity index (χ0v) is 21.5. The second-order valence-corrected chi connectivity index (χ2v) is 9.94. The molecule has 0 aliphatic heterocycles. The third-order valence-corrected chi connectivity index (χ3v) is 6.86. The number of carbonyl (C=O) groups excluding carboxylic acids is 2. The van der Waals surface area contributed by atoms with Gasteiger partial charge in [-0.15, -0.1) is 23.1 Å². The first-order valence-corrected chi connectivity index (χ1v) is 13.1. The summed E-state index contributed by atoms with van der Waals surface area (Å²) < 4.78 is 13.1. The Balaban J connectivity index is 1.27. The van der Waals surface area contributed by atoms with Gasteiger partial charge >= 0.3 is 0 Å². The number of halogens is 1. The Bertz CT molecular complexity index is 1390. The Kier molecular flexibility index (Phi) is 8.42. The van der Waals surface area contributed by atoms with Crippen molar-refractivity contribution in [2.24, 2.45) is 0 Å². The van der Waals surface area contributed by atoms with Crippen molar-refractivity contribution in [1.82, 2.24) is 4.98 Å². The van der Waals surface area contributed by atoms with Crippen LogP contribution in [0.15, 0.2) is 83.1 Å². The number of hydrogen-bond donors (Lipinski definition) is 3. The summed E-state index contributed by atoms with van der Waals surface area (Å²) in [6.07, 6.45) is 0. The van der Waals surface area contributed by atoms with Crippen molar-refractivity contribution in [3.63, 3.8) is 0 Å². The minimum atomic E-state index is -0.308. The van der Waals surface area contributed by atoms with Crippen LogP contribution in [0.4, 0.5) is 20.9 Å². The lowest BCUT2D eigenvalue weighted by Gasteiger charge is -2.12. The fourth-order valence-electron chi connectivity index (χ4n) is 3.13. The van der Waals surface area contributed by atoms with Gasteiger partial charge in [-0.2, -0.15) is 0 Å². The van der Waals surface area contributed by atoms with E-state index in [1.165, 1.54) is 42.2 Å². The number of amides is 1. The first kappa shape index (κ1) is 25.5. The SMILES string of the molecule is CC(=O)c1ccc(NC(=S)Nc2cccc(SCC(=O)Nc3nc(-c4ccc(F)cc4)cs3)c2)cc1. The van der Waals surface area contributed by atoms with E-state index in [1.54, 1.807) is 36.4 Å². The molecule has 1 aromatic heterocycles. The quantitative estimate of drug-likeness (QED) is 0.131. The number of Topliss-reactive ketones (excluding diaryl/α,β-unsaturated/α-hetero) is 1. The Labute approximate surface area is 221 Å². The minimum Gasteiger partial charge on any atom is -0.332 e. The van der Waals surface area contributed by atoms with Gasteiger partial charge in [-0.1, -0.05) is 6.07 Å². The molecule has 4 rings (SSSR count).